The van der Waals surface area contributed by atoms with Gasteiger partial charge in [0.2, 0.25) is 0 Å². The number of rotatable bonds is 8. The smallest absolute Gasteiger partial charge is 0.312 e. The van der Waals surface area contributed by atoms with Gasteiger partial charge < -0.3 is 19.6 Å². The van der Waals surface area contributed by atoms with Gasteiger partial charge in [0.15, 0.2) is 0 Å². The lowest BCUT2D eigenvalue weighted by Gasteiger charge is -2.19. The predicted molar refractivity (Wildman–Crippen MR) is 126 cm³/mol. The number of nitrogens with one attached hydrogen (secondary N) is 1. The number of hydrogen-bond acceptors (Lipinski definition) is 5. The molecule has 33 heavy (non-hydrogen) atoms. The summed E-state index contributed by atoms with van der Waals surface area (Å²) in [6, 6.07) is 19.1. The number of aromatic nitrogens is 3. The first-order valence-electron chi connectivity index (χ1n) is 10.5. The molecule has 4 aromatic rings. The summed E-state index contributed by atoms with van der Waals surface area (Å²) in [6.07, 6.45) is 3.56. The van der Waals surface area contributed by atoms with E-state index in [1.165, 1.54) is 0 Å². The van der Waals surface area contributed by atoms with Crippen molar-refractivity contribution in [3.63, 3.8) is 0 Å². The fraction of sp³-hybridized carbons (Fsp3) is 0.192. The summed E-state index contributed by atoms with van der Waals surface area (Å²) in [5, 5.41) is 9.20. The minimum absolute atomic E-state index is 0.0919. The number of H-pyrrole nitrogens is 1. The molecule has 0 aliphatic heterocycles. The van der Waals surface area contributed by atoms with Crippen LogP contribution < -0.4 is 9.47 Å². The van der Waals surface area contributed by atoms with E-state index in [2.05, 4.69) is 15.0 Å². The summed E-state index contributed by atoms with van der Waals surface area (Å²) in [6.45, 7) is 3.36. The van der Waals surface area contributed by atoms with Crippen molar-refractivity contribution in [2.45, 2.75) is 13.8 Å². The number of aromatic amines is 1. The minimum Gasteiger partial charge on any atom is -0.496 e. The molecule has 0 aliphatic carbocycles. The van der Waals surface area contributed by atoms with Crippen molar-refractivity contribution in [3.8, 4) is 45.4 Å². The summed E-state index contributed by atoms with van der Waals surface area (Å²) in [5.74, 6) is 1.22. The standard InChI is InChI=1S/C26H25N3O4/c1-26(2,25(30)31)16-33-19-11-8-17(9-12-19)21-13-10-18(14-27-21)24-28-15-22(29-24)20-6-4-5-7-23(20)32-3/h4-15H,16H2,1-3H3,(H,28,29)(H,30,31). The van der Waals surface area contributed by atoms with Gasteiger partial charge in [-0.1, -0.05) is 12.1 Å². The number of nitrogens with zero attached hydrogens (tertiary/aromatic N) is 2. The molecule has 168 valence electrons. The van der Waals surface area contributed by atoms with Crippen LogP contribution in [0.4, 0.5) is 0 Å². The molecule has 0 amide bonds. The number of aliphatic carboxylic acids is 1. The maximum atomic E-state index is 11.2. The van der Waals surface area contributed by atoms with Crippen molar-refractivity contribution in [1.82, 2.24) is 15.0 Å². The Labute approximate surface area is 192 Å². The van der Waals surface area contributed by atoms with Gasteiger partial charge in [0, 0.05) is 22.9 Å². The van der Waals surface area contributed by atoms with E-state index in [1.807, 2.05) is 60.7 Å². The fourth-order valence-corrected chi connectivity index (χ4v) is 3.22. The highest BCUT2D eigenvalue weighted by molar-refractivity contribution is 5.74. The van der Waals surface area contributed by atoms with Crippen LogP contribution in [0.25, 0.3) is 33.9 Å². The van der Waals surface area contributed by atoms with E-state index in [9.17, 15) is 9.90 Å². The number of carboxylic acid groups (broad SMARTS) is 1. The molecule has 0 radical (unpaired) electrons. The zero-order chi connectivity index (χ0) is 23.4. The molecule has 0 unspecified atom stereocenters. The van der Waals surface area contributed by atoms with Gasteiger partial charge >= 0.3 is 5.97 Å². The van der Waals surface area contributed by atoms with Crippen molar-refractivity contribution in [2.24, 2.45) is 5.41 Å². The Morgan fingerprint density at radius 3 is 2.36 bits per heavy atom. The van der Waals surface area contributed by atoms with E-state index >= 15 is 0 Å². The van der Waals surface area contributed by atoms with E-state index in [-0.39, 0.29) is 6.61 Å². The van der Waals surface area contributed by atoms with Crippen LogP contribution in [-0.4, -0.2) is 39.7 Å². The first kappa shape index (κ1) is 22.1. The molecule has 0 saturated carbocycles. The third kappa shape index (κ3) is 4.87. The Morgan fingerprint density at radius 2 is 1.70 bits per heavy atom. The van der Waals surface area contributed by atoms with Crippen LogP contribution in [-0.2, 0) is 4.79 Å². The quantitative estimate of drug-likeness (QED) is 0.383. The third-order valence-electron chi connectivity index (χ3n) is 5.34. The second-order valence-corrected chi connectivity index (χ2v) is 8.28. The summed E-state index contributed by atoms with van der Waals surface area (Å²) in [7, 11) is 1.65. The van der Waals surface area contributed by atoms with Crippen LogP contribution in [0, 0.1) is 5.41 Å². The number of carbonyl (C=O) groups is 1. The highest BCUT2D eigenvalue weighted by Gasteiger charge is 2.28. The van der Waals surface area contributed by atoms with Crippen LogP contribution in [0.1, 0.15) is 13.8 Å². The van der Waals surface area contributed by atoms with Crippen molar-refractivity contribution >= 4 is 5.97 Å². The van der Waals surface area contributed by atoms with E-state index in [0.29, 0.717) is 5.75 Å². The number of pyridine rings is 1. The lowest BCUT2D eigenvalue weighted by atomic mass is 9.95. The Hall–Kier alpha value is -4.13. The molecule has 4 rings (SSSR count). The third-order valence-corrected chi connectivity index (χ3v) is 5.34. The van der Waals surface area contributed by atoms with Crippen molar-refractivity contribution in [1.29, 1.82) is 0 Å². The summed E-state index contributed by atoms with van der Waals surface area (Å²) in [4.78, 5) is 23.6. The molecule has 2 N–H and O–H groups in total. The van der Waals surface area contributed by atoms with Crippen LogP contribution in [0.5, 0.6) is 11.5 Å². The molecular weight excluding hydrogens is 418 g/mol. The fourth-order valence-electron chi connectivity index (χ4n) is 3.22. The van der Waals surface area contributed by atoms with E-state index in [4.69, 9.17) is 9.47 Å². The van der Waals surface area contributed by atoms with Crippen LogP contribution in [0.2, 0.25) is 0 Å². The van der Waals surface area contributed by atoms with E-state index in [1.54, 1.807) is 33.4 Å². The van der Waals surface area contributed by atoms with Crippen molar-refractivity contribution < 1.29 is 19.4 Å². The molecule has 0 spiro atoms. The lowest BCUT2D eigenvalue weighted by molar-refractivity contribution is -0.148. The number of methoxy groups -OCH3 is 1. The van der Waals surface area contributed by atoms with Gasteiger partial charge in [0.05, 0.1) is 30.1 Å². The molecular formula is C26H25N3O4. The molecule has 7 nitrogen and oxygen atoms in total. The maximum absolute atomic E-state index is 11.2. The number of imidazole rings is 1. The van der Waals surface area contributed by atoms with Gasteiger partial charge in [-0.2, -0.15) is 0 Å². The zero-order valence-electron chi connectivity index (χ0n) is 18.7. The van der Waals surface area contributed by atoms with Gasteiger partial charge in [0.1, 0.15) is 23.9 Å². The average molecular weight is 444 g/mol. The van der Waals surface area contributed by atoms with E-state index < -0.39 is 11.4 Å². The first-order chi connectivity index (χ1) is 15.9. The van der Waals surface area contributed by atoms with Crippen molar-refractivity contribution in [3.05, 3.63) is 73.1 Å². The molecule has 2 aromatic heterocycles. The Kier molecular flexibility index (Phi) is 6.13. The zero-order valence-corrected chi connectivity index (χ0v) is 18.7. The maximum Gasteiger partial charge on any atom is 0.312 e. The number of ether oxygens (including phenoxy) is 2. The Bertz CT molecular complexity index is 1250. The molecule has 0 bridgehead atoms. The summed E-state index contributed by atoms with van der Waals surface area (Å²) in [5.41, 5.74) is 3.47. The van der Waals surface area contributed by atoms with Crippen LogP contribution in [0.3, 0.4) is 0 Å². The largest absolute Gasteiger partial charge is 0.496 e. The van der Waals surface area contributed by atoms with Crippen LogP contribution in [0.15, 0.2) is 73.1 Å². The molecule has 0 aliphatic rings. The first-order valence-corrected chi connectivity index (χ1v) is 10.5. The number of carboxylic acids is 1. The highest BCUT2D eigenvalue weighted by Crippen LogP contribution is 2.30. The van der Waals surface area contributed by atoms with Gasteiger partial charge in [-0.05, 0) is 62.4 Å². The Morgan fingerprint density at radius 1 is 0.970 bits per heavy atom. The molecule has 0 saturated heterocycles. The average Bonchev–Trinajstić information content (AvgIpc) is 3.33. The number of para-hydroxylation sites is 1. The summed E-state index contributed by atoms with van der Waals surface area (Å²) >= 11 is 0. The lowest BCUT2D eigenvalue weighted by Crippen LogP contribution is -2.30. The molecule has 0 fully saturated rings. The number of hydrogen-bond donors (Lipinski definition) is 2. The molecule has 0 atom stereocenters. The van der Waals surface area contributed by atoms with Gasteiger partial charge in [0.25, 0.3) is 0 Å². The molecule has 2 heterocycles. The number of benzene rings is 2. The van der Waals surface area contributed by atoms with Crippen molar-refractivity contribution in [2.75, 3.05) is 13.7 Å². The van der Waals surface area contributed by atoms with Gasteiger partial charge in [-0.3, -0.25) is 9.78 Å². The Balaban J connectivity index is 1.47. The normalized spacial score (nSPS) is 11.2. The highest BCUT2D eigenvalue weighted by atomic mass is 16.5. The van der Waals surface area contributed by atoms with Crippen LogP contribution >= 0.6 is 0 Å². The summed E-state index contributed by atoms with van der Waals surface area (Å²) < 4.78 is 11.1. The van der Waals surface area contributed by atoms with E-state index in [0.717, 1.165) is 39.7 Å². The van der Waals surface area contributed by atoms with Gasteiger partial charge in [-0.15, -0.1) is 0 Å². The monoisotopic (exact) mass is 443 g/mol. The second-order valence-electron chi connectivity index (χ2n) is 8.28. The minimum atomic E-state index is -0.951. The molecule has 2 aromatic carbocycles. The van der Waals surface area contributed by atoms with Gasteiger partial charge in [-0.25, -0.2) is 4.98 Å². The topological polar surface area (TPSA) is 97.3 Å². The second kappa shape index (κ2) is 9.16. The SMILES string of the molecule is COc1ccccc1-c1cnc(-c2ccc(-c3ccc(OCC(C)(C)C(=O)O)cc3)nc2)[nH]1. The predicted octanol–water partition coefficient (Wildman–Crippen LogP) is 5.30. The molecule has 7 heteroatoms.